The number of carboxylic acid groups (broad SMARTS) is 1. The molecule has 184 valence electrons. The summed E-state index contributed by atoms with van der Waals surface area (Å²) in [6, 6.07) is 16.4. The molecule has 2 aliphatic heterocycles. The van der Waals surface area contributed by atoms with Crippen molar-refractivity contribution < 1.29 is 29.0 Å². The quantitative estimate of drug-likeness (QED) is 0.660. The van der Waals surface area contributed by atoms with Gasteiger partial charge in [0.25, 0.3) is 5.91 Å². The van der Waals surface area contributed by atoms with Crippen LogP contribution in [-0.2, 0) is 19.1 Å². The van der Waals surface area contributed by atoms with Crippen LogP contribution in [0.2, 0.25) is 0 Å². The summed E-state index contributed by atoms with van der Waals surface area (Å²) in [6.45, 7) is 1.82. The number of carbonyl (C=O) groups excluding carboxylic acids is 2. The third-order valence-corrected chi connectivity index (χ3v) is 7.47. The molecule has 2 atom stereocenters. The highest BCUT2D eigenvalue weighted by molar-refractivity contribution is 5.82. The van der Waals surface area contributed by atoms with Crippen molar-refractivity contribution in [3.05, 3.63) is 59.7 Å². The van der Waals surface area contributed by atoms with E-state index in [1.165, 1.54) is 11.1 Å². The number of piperidine rings is 1. The van der Waals surface area contributed by atoms with Crippen LogP contribution >= 0.6 is 0 Å². The molecule has 5 rings (SSSR count). The second kappa shape index (κ2) is 10.1. The molecule has 0 saturated carbocycles. The van der Waals surface area contributed by atoms with Gasteiger partial charge in [0.05, 0.1) is 5.92 Å². The number of carbonyl (C=O) groups is 3. The molecule has 2 amide bonds. The van der Waals surface area contributed by atoms with E-state index in [1.54, 1.807) is 4.90 Å². The third-order valence-electron chi connectivity index (χ3n) is 7.47. The van der Waals surface area contributed by atoms with E-state index >= 15 is 0 Å². The number of benzene rings is 2. The van der Waals surface area contributed by atoms with Gasteiger partial charge in [-0.3, -0.25) is 9.59 Å². The SMILES string of the molecule is O=C(NC[C@@H]1CCO[C@@H]1C(=O)N1CCC(C(=O)O)CC1)OCC1c2ccccc2-c2ccccc21. The number of rotatable bonds is 6. The van der Waals surface area contributed by atoms with E-state index in [0.717, 1.165) is 11.1 Å². The lowest BCUT2D eigenvalue weighted by molar-refractivity contribution is -0.149. The van der Waals surface area contributed by atoms with E-state index in [2.05, 4.69) is 29.6 Å². The number of ether oxygens (including phenoxy) is 2. The molecule has 8 nitrogen and oxygen atoms in total. The van der Waals surface area contributed by atoms with E-state index in [0.29, 0.717) is 45.5 Å². The Morgan fingerprint density at radius 3 is 2.23 bits per heavy atom. The van der Waals surface area contributed by atoms with Gasteiger partial charge < -0.3 is 24.8 Å². The van der Waals surface area contributed by atoms with Crippen molar-refractivity contribution in [3.63, 3.8) is 0 Å². The molecule has 2 aromatic rings. The van der Waals surface area contributed by atoms with Crippen LogP contribution in [0.3, 0.4) is 0 Å². The molecule has 2 aromatic carbocycles. The van der Waals surface area contributed by atoms with E-state index < -0.39 is 24.1 Å². The lowest BCUT2D eigenvalue weighted by Crippen LogP contribution is -2.48. The van der Waals surface area contributed by atoms with E-state index in [9.17, 15) is 14.4 Å². The van der Waals surface area contributed by atoms with E-state index in [1.807, 2.05) is 24.3 Å². The Balaban J connectivity index is 1.13. The Morgan fingerprint density at radius 1 is 0.971 bits per heavy atom. The van der Waals surface area contributed by atoms with Gasteiger partial charge >= 0.3 is 12.1 Å². The van der Waals surface area contributed by atoms with Gasteiger partial charge in [0.2, 0.25) is 0 Å². The Bertz CT molecular complexity index is 1060. The Hall–Kier alpha value is -3.39. The minimum absolute atomic E-state index is 0.00831. The van der Waals surface area contributed by atoms with Crippen LogP contribution in [-0.4, -0.2) is 66.9 Å². The van der Waals surface area contributed by atoms with Gasteiger partial charge in [-0.15, -0.1) is 0 Å². The molecule has 35 heavy (non-hydrogen) atoms. The second-order valence-corrected chi connectivity index (χ2v) is 9.48. The largest absolute Gasteiger partial charge is 0.481 e. The average Bonchev–Trinajstić information content (AvgIpc) is 3.48. The molecular weight excluding hydrogens is 448 g/mol. The van der Waals surface area contributed by atoms with Gasteiger partial charge in [0.1, 0.15) is 12.7 Å². The zero-order valence-electron chi connectivity index (χ0n) is 19.5. The Morgan fingerprint density at radius 2 is 1.60 bits per heavy atom. The topological polar surface area (TPSA) is 105 Å². The molecule has 1 aliphatic carbocycles. The predicted molar refractivity (Wildman–Crippen MR) is 128 cm³/mol. The van der Waals surface area contributed by atoms with Crippen molar-refractivity contribution in [3.8, 4) is 11.1 Å². The molecule has 0 bridgehead atoms. The second-order valence-electron chi connectivity index (χ2n) is 9.48. The number of nitrogens with one attached hydrogen (secondary N) is 1. The first-order valence-corrected chi connectivity index (χ1v) is 12.2. The number of amides is 2. The first-order valence-electron chi connectivity index (χ1n) is 12.2. The lowest BCUT2D eigenvalue weighted by Gasteiger charge is -2.33. The summed E-state index contributed by atoms with van der Waals surface area (Å²) < 4.78 is 11.3. The Kier molecular flexibility index (Phi) is 6.72. The van der Waals surface area contributed by atoms with Gasteiger partial charge in [-0.2, -0.15) is 0 Å². The van der Waals surface area contributed by atoms with Crippen molar-refractivity contribution in [1.82, 2.24) is 10.2 Å². The van der Waals surface area contributed by atoms with Crippen molar-refractivity contribution in [2.45, 2.75) is 31.3 Å². The number of nitrogens with zero attached hydrogens (tertiary/aromatic N) is 1. The fourth-order valence-corrected chi connectivity index (χ4v) is 5.51. The van der Waals surface area contributed by atoms with Crippen LogP contribution in [0.25, 0.3) is 11.1 Å². The fraction of sp³-hybridized carbons (Fsp3) is 0.444. The maximum Gasteiger partial charge on any atom is 0.407 e. The van der Waals surface area contributed by atoms with Crippen LogP contribution in [0.1, 0.15) is 36.3 Å². The molecule has 2 N–H and O–H groups in total. The van der Waals surface area contributed by atoms with E-state index in [-0.39, 0.29) is 24.3 Å². The highest BCUT2D eigenvalue weighted by Gasteiger charge is 2.39. The fourth-order valence-electron chi connectivity index (χ4n) is 5.51. The molecule has 8 heteroatoms. The van der Waals surface area contributed by atoms with Crippen LogP contribution in [0.15, 0.2) is 48.5 Å². The van der Waals surface area contributed by atoms with Gasteiger partial charge in [0.15, 0.2) is 0 Å². The van der Waals surface area contributed by atoms with Gasteiger partial charge in [-0.05, 0) is 41.5 Å². The summed E-state index contributed by atoms with van der Waals surface area (Å²) in [6.07, 6.45) is 0.455. The molecule has 3 aliphatic rings. The minimum atomic E-state index is -0.806. The molecular formula is C27H30N2O6. The molecule has 0 spiro atoms. The van der Waals surface area contributed by atoms with Crippen molar-refractivity contribution in [2.75, 3.05) is 32.8 Å². The first-order chi connectivity index (χ1) is 17.0. The van der Waals surface area contributed by atoms with Gasteiger partial charge in [-0.1, -0.05) is 48.5 Å². The smallest absolute Gasteiger partial charge is 0.407 e. The highest BCUT2D eigenvalue weighted by atomic mass is 16.5. The number of hydrogen-bond donors (Lipinski definition) is 2. The standard InChI is InChI=1S/C27H30N2O6/c30-25(29-12-9-17(10-13-29)26(31)32)24-18(11-14-34-24)15-28-27(33)35-16-23-21-7-3-1-5-19(21)20-6-2-4-8-22(20)23/h1-8,17-18,23-24H,9-16H2,(H,28,33)(H,31,32)/t18-,24-/m0/s1. The molecule has 0 unspecified atom stereocenters. The number of aliphatic carboxylic acids is 1. The predicted octanol–water partition coefficient (Wildman–Crippen LogP) is 3.25. The first kappa shape index (κ1) is 23.4. The van der Waals surface area contributed by atoms with Crippen LogP contribution in [0, 0.1) is 11.8 Å². The zero-order chi connectivity index (χ0) is 24.4. The maximum absolute atomic E-state index is 13.0. The molecule has 2 fully saturated rings. The summed E-state index contributed by atoms with van der Waals surface area (Å²) in [7, 11) is 0. The summed E-state index contributed by atoms with van der Waals surface area (Å²) in [4.78, 5) is 38.4. The van der Waals surface area contributed by atoms with Crippen molar-refractivity contribution in [2.24, 2.45) is 11.8 Å². The lowest BCUT2D eigenvalue weighted by atomic mass is 9.95. The summed E-state index contributed by atoms with van der Waals surface area (Å²) in [5.74, 6) is -1.47. The number of carboxylic acids is 1. The summed E-state index contributed by atoms with van der Waals surface area (Å²) in [5, 5.41) is 12.0. The number of alkyl carbamates (subject to hydrolysis) is 1. The van der Waals surface area contributed by atoms with Crippen molar-refractivity contribution in [1.29, 1.82) is 0 Å². The van der Waals surface area contributed by atoms with E-state index in [4.69, 9.17) is 14.6 Å². The zero-order valence-corrected chi connectivity index (χ0v) is 19.5. The molecule has 0 aromatic heterocycles. The summed E-state index contributed by atoms with van der Waals surface area (Å²) in [5.41, 5.74) is 4.66. The Labute approximate surface area is 204 Å². The third kappa shape index (κ3) is 4.75. The van der Waals surface area contributed by atoms with Crippen molar-refractivity contribution >= 4 is 18.0 Å². The highest BCUT2D eigenvalue weighted by Crippen LogP contribution is 2.44. The summed E-state index contributed by atoms with van der Waals surface area (Å²) >= 11 is 0. The monoisotopic (exact) mass is 478 g/mol. The minimum Gasteiger partial charge on any atom is -0.481 e. The average molecular weight is 479 g/mol. The van der Waals surface area contributed by atoms with Crippen LogP contribution in [0.5, 0.6) is 0 Å². The molecule has 0 radical (unpaired) electrons. The normalized spacial score (nSPS) is 21.9. The van der Waals surface area contributed by atoms with Gasteiger partial charge in [-0.25, -0.2) is 4.79 Å². The number of hydrogen-bond acceptors (Lipinski definition) is 5. The van der Waals surface area contributed by atoms with Crippen LogP contribution in [0.4, 0.5) is 4.79 Å². The van der Waals surface area contributed by atoms with Gasteiger partial charge in [0, 0.05) is 38.1 Å². The molecule has 2 heterocycles. The van der Waals surface area contributed by atoms with Crippen LogP contribution < -0.4 is 5.32 Å². The number of likely N-dealkylation sites (tertiary alicyclic amines) is 1. The number of fused-ring (bicyclic) bond motifs is 3. The maximum atomic E-state index is 13.0. The molecule has 2 saturated heterocycles.